The number of fused-ring (bicyclic) bond motifs is 1. The Labute approximate surface area is 166 Å². The lowest BCUT2D eigenvalue weighted by molar-refractivity contribution is 0.506. The van der Waals surface area contributed by atoms with Gasteiger partial charge in [-0.3, -0.25) is 4.99 Å². The summed E-state index contributed by atoms with van der Waals surface area (Å²) in [6, 6.07) is 13.1. The van der Waals surface area contributed by atoms with Crippen LogP contribution in [0, 0.1) is 0 Å². The van der Waals surface area contributed by atoms with Crippen LogP contribution in [0.5, 0.6) is 0 Å². The zero-order chi connectivity index (χ0) is 16.8. The summed E-state index contributed by atoms with van der Waals surface area (Å²) in [6.45, 7) is 4.92. The summed E-state index contributed by atoms with van der Waals surface area (Å²) >= 11 is 0. The summed E-state index contributed by atoms with van der Waals surface area (Å²) in [6.07, 6.45) is 3.69. The largest absolute Gasteiger partial charge is 0.469 e. The number of halogens is 1. The van der Waals surface area contributed by atoms with Gasteiger partial charge in [0.05, 0.1) is 6.26 Å². The maximum absolute atomic E-state index is 5.34. The van der Waals surface area contributed by atoms with Crippen LogP contribution in [0.4, 0.5) is 5.69 Å². The van der Waals surface area contributed by atoms with Crippen LogP contribution in [-0.2, 0) is 12.8 Å². The van der Waals surface area contributed by atoms with Crippen LogP contribution < -0.4 is 15.5 Å². The lowest BCUT2D eigenvalue weighted by atomic mass is 10.1. The molecular weight excluding hydrogens is 427 g/mol. The summed E-state index contributed by atoms with van der Waals surface area (Å²) in [4.78, 5) is 6.75. The number of furan rings is 1. The van der Waals surface area contributed by atoms with Gasteiger partial charge in [-0.15, -0.1) is 24.0 Å². The molecule has 1 aromatic carbocycles. The van der Waals surface area contributed by atoms with Crippen molar-refractivity contribution >= 4 is 35.6 Å². The van der Waals surface area contributed by atoms with Gasteiger partial charge in [0.2, 0.25) is 0 Å². The minimum absolute atomic E-state index is 0. The summed E-state index contributed by atoms with van der Waals surface area (Å²) in [5, 5.41) is 6.72. The number of hydrogen-bond donors (Lipinski definition) is 2. The first-order valence-corrected chi connectivity index (χ1v) is 8.59. The van der Waals surface area contributed by atoms with E-state index in [0.717, 1.165) is 44.2 Å². The van der Waals surface area contributed by atoms with Crippen LogP contribution in [-0.4, -0.2) is 38.7 Å². The van der Waals surface area contributed by atoms with Crippen LogP contribution in [0.1, 0.15) is 18.2 Å². The Balaban J connectivity index is 0.00000225. The fourth-order valence-corrected chi connectivity index (χ4v) is 3.24. The van der Waals surface area contributed by atoms with Gasteiger partial charge in [0.25, 0.3) is 0 Å². The Bertz CT molecular complexity index is 672. The molecule has 3 rings (SSSR count). The molecule has 2 N–H and O–H groups in total. The van der Waals surface area contributed by atoms with E-state index in [1.165, 1.54) is 11.3 Å². The number of benzene rings is 1. The van der Waals surface area contributed by atoms with Crippen LogP contribution >= 0.6 is 24.0 Å². The van der Waals surface area contributed by atoms with Crippen molar-refractivity contribution in [3.63, 3.8) is 0 Å². The van der Waals surface area contributed by atoms with Gasteiger partial charge in [0.1, 0.15) is 5.76 Å². The van der Waals surface area contributed by atoms with Gasteiger partial charge in [0.15, 0.2) is 5.96 Å². The predicted molar refractivity (Wildman–Crippen MR) is 114 cm³/mol. The van der Waals surface area contributed by atoms with E-state index in [9.17, 15) is 0 Å². The Kier molecular flexibility index (Phi) is 7.61. The smallest absolute Gasteiger partial charge is 0.191 e. The Morgan fingerprint density at radius 3 is 2.76 bits per heavy atom. The molecule has 5 nitrogen and oxygen atoms in total. The molecule has 0 saturated heterocycles. The highest BCUT2D eigenvalue weighted by molar-refractivity contribution is 14.0. The number of rotatable bonds is 6. The molecule has 2 heterocycles. The van der Waals surface area contributed by atoms with Gasteiger partial charge in [-0.1, -0.05) is 18.2 Å². The third kappa shape index (κ3) is 5.14. The lowest BCUT2D eigenvalue weighted by Gasteiger charge is -2.25. The zero-order valence-corrected chi connectivity index (χ0v) is 17.2. The number of anilines is 1. The first-order valence-electron chi connectivity index (χ1n) is 8.59. The standard InChI is InChI=1S/C19H26N4O.HI/c1-15-14-16-6-3-4-8-18(16)23(15)12-11-22-19(20-2)21-10-9-17-7-5-13-24-17;/h3-8,13,15H,9-12,14H2,1-2H3,(H2,20,21,22);1H. The summed E-state index contributed by atoms with van der Waals surface area (Å²) < 4.78 is 5.34. The lowest BCUT2D eigenvalue weighted by Crippen LogP contribution is -2.43. The van der Waals surface area contributed by atoms with E-state index in [1.54, 1.807) is 13.3 Å². The van der Waals surface area contributed by atoms with Crippen molar-refractivity contribution in [1.29, 1.82) is 0 Å². The second kappa shape index (κ2) is 9.70. The van der Waals surface area contributed by atoms with Gasteiger partial charge in [-0.25, -0.2) is 0 Å². The first kappa shape index (κ1) is 19.6. The normalized spacial score (nSPS) is 16.3. The van der Waals surface area contributed by atoms with E-state index in [1.807, 2.05) is 12.1 Å². The van der Waals surface area contributed by atoms with E-state index in [0.29, 0.717) is 6.04 Å². The van der Waals surface area contributed by atoms with E-state index in [2.05, 4.69) is 51.7 Å². The van der Waals surface area contributed by atoms with Gasteiger partial charge >= 0.3 is 0 Å². The molecule has 0 bridgehead atoms. The fourth-order valence-electron chi connectivity index (χ4n) is 3.24. The highest BCUT2D eigenvalue weighted by atomic mass is 127. The number of nitrogens with one attached hydrogen (secondary N) is 2. The maximum Gasteiger partial charge on any atom is 0.191 e. The van der Waals surface area contributed by atoms with Crippen LogP contribution in [0.25, 0.3) is 0 Å². The van der Waals surface area contributed by atoms with Gasteiger partial charge in [-0.2, -0.15) is 0 Å². The molecule has 0 aliphatic carbocycles. The second-order valence-electron chi connectivity index (χ2n) is 6.13. The maximum atomic E-state index is 5.34. The number of aliphatic imine (C=N–C) groups is 1. The molecule has 6 heteroatoms. The van der Waals surface area contributed by atoms with Crippen LogP contribution in [0.15, 0.2) is 52.1 Å². The highest BCUT2D eigenvalue weighted by Crippen LogP contribution is 2.31. The molecule has 1 unspecified atom stereocenters. The Morgan fingerprint density at radius 1 is 1.20 bits per heavy atom. The molecule has 0 saturated carbocycles. The van der Waals surface area contributed by atoms with Crippen molar-refractivity contribution in [3.8, 4) is 0 Å². The molecule has 1 aliphatic rings. The van der Waals surface area contributed by atoms with Crippen molar-refractivity contribution in [2.75, 3.05) is 31.6 Å². The quantitative estimate of drug-likeness (QED) is 0.400. The molecule has 0 spiro atoms. The Hall–Kier alpha value is -1.70. The van der Waals surface area contributed by atoms with Gasteiger partial charge < -0.3 is 20.0 Å². The van der Waals surface area contributed by atoms with Gasteiger partial charge in [0, 0.05) is 44.8 Å². The topological polar surface area (TPSA) is 52.8 Å². The molecule has 1 aliphatic heterocycles. The molecule has 1 aromatic heterocycles. The Morgan fingerprint density at radius 2 is 2.00 bits per heavy atom. The number of guanidine groups is 1. The van der Waals surface area contributed by atoms with Crippen LogP contribution in [0.2, 0.25) is 0 Å². The third-order valence-corrected chi connectivity index (χ3v) is 4.46. The molecular formula is C19H27IN4O. The van der Waals surface area contributed by atoms with Gasteiger partial charge in [-0.05, 0) is 37.1 Å². The highest BCUT2D eigenvalue weighted by Gasteiger charge is 2.24. The minimum Gasteiger partial charge on any atom is -0.469 e. The zero-order valence-electron chi connectivity index (χ0n) is 14.9. The summed E-state index contributed by atoms with van der Waals surface area (Å²) in [5.41, 5.74) is 2.82. The SMILES string of the molecule is CN=C(NCCc1ccco1)NCCN1c2ccccc2CC1C.I. The number of hydrogen-bond acceptors (Lipinski definition) is 3. The molecule has 2 aromatic rings. The molecule has 25 heavy (non-hydrogen) atoms. The molecule has 136 valence electrons. The predicted octanol–water partition coefficient (Wildman–Crippen LogP) is 3.06. The number of para-hydroxylation sites is 1. The average Bonchev–Trinajstić information content (AvgIpc) is 3.21. The second-order valence-corrected chi connectivity index (χ2v) is 6.13. The molecule has 0 amide bonds. The van der Waals surface area contributed by atoms with Crippen molar-refractivity contribution in [2.45, 2.75) is 25.8 Å². The van der Waals surface area contributed by atoms with E-state index < -0.39 is 0 Å². The minimum atomic E-state index is 0. The molecule has 1 atom stereocenters. The first-order chi connectivity index (χ1) is 11.8. The van der Waals surface area contributed by atoms with Crippen molar-refractivity contribution in [2.24, 2.45) is 4.99 Å². The van der Waals surface area contributed by atoms with Crippen LogP contribution in [0.3, 0.4) is 0 Å². The van der Waals surface area contributed by atoms with Crippen molar-refractivity contribution in [3.05, 3.63) is 54.0 Å². The molecule has 0 radical (unpaired) electrons. The van der Waals surface area contributed by atoms with Crippen molar-refractivity contribution in [1.82, 2.24) is 10.6 Å². The monoisotopic (exact) mass is 454 g/mol. The third-order valence-electron chi connectivity index (χ3n) is 4.46. The van der Waals surface area contributed by atoms with E-state index in [4.69, 9.17) is 4.42 Å². The molecule has 0 fully saturated rings. The average molecular weight is 454 g/mol. The van der Waals surface area contributed by atoms with E-state index in [-0.39, 0.29) is 24.0 Å². The van der Waals surface area contributed by atoms with E-state index >= 15 is 0 Å². The van der Waals surface area contributed by atoms with Crippen molar-refractivity contribution < 1.29 is 4.42 Å². The summed E-state index contributed by atoms with van der Waals surface area (Å²) in [7, 11) is 1.80. The number of nitrogens with zero attached hydrogens (tertiary/aromatic N) is 2. The fraction of sp³-hybridized carbons (Fsp3) is 0.421. The summed E-state index contributed by atoms with van der Waals surface area (Å²) in [5.74, 6) is 1.82.